The Morgan fingerprint density at radius 2 is 2.00 bits per heavy atom. The van der Waals surface area contributed by atoms with Gasteiger partial charge in [-0.1, -0.05) is 37.3 Å². The van der Waals surface area contributed by atoms with Gasteiger partial charge in [0, 0.05) is 45.2 Å². The topological polar surface area (TPSA) is 81.6 Å². The lowest BCUT2D eigenvalue weighted by molar-refractivity contribution is 0.0946. The Hall–Kier alpha value is -2.67. The van der Waals surface area contributed by atoms with E-state index in [1.54, 1.807) is 6.07 Å². The van der Waals surface area contributed by atoms with E-state index in [0.717, 1.165) is 13.0 Å². The highest BCUT2D eigenvalue weighted by atomic mass is 16.3. The van der Waals surface area contributed by atoms with Gasteiger partial charge in [0.25, 0.3) is 5.91 Å². The molecule has 7 nitrogen and oxygen atoms in total. The minimum absolute atomic E-state index is 0.156. The van der Waals surface area contributed by atoms with Crippen LogP contribution in [0.4, 0.5) is 11.8 Å². The Morgan fingerprint density at radius 1 is 1.23 bits per heavy atom. The fraction of sp³-hybridized carbons (Fsp3) is 0.522. The fourth-order valence-corrected chi connectivity index (χ4v) is 3.70. The van der Waals surface area contributed by atoms with Gasteiger partial charge in [-0.3, -0.25) is 4.79 Å². The van der Waals surface area contributed by atoms with Crippen LogP contribution in [0.5, 0.6) is 0 Å². The number of carbonyl (C=O) groups excluding carboxylic acids is 1. The number of nitrogens with one attached hydrogen (secondary N) is 1. The molecule has 2 unspecified atom stereocenters. The number of β-amino-alcohol motifs (C(OH)–C–C–N with tert-alkyl or cyclic N) is 1. The van der Waals surface area contributed by atoms with E-state index in [-0.39, 0.29) is 17.9 Å². The second-order valence-electron chi connectivity index (χ2n) is 8.67. The molecule has 1 saturated heterocycles. The number of aliphatic hydroxyl groups is 1. The summed E-state index contributed by atoms with van der Waals surface area (Å²) in [6.45, 7) is 4.72. The quantitative estimate of drug-likeness (QED) is 0.695. The molecule has 0 bridgehead atoms. The fourth-order valence-electron chi connectivity index (χ4n) is 3.70. The van der Waals surface area contributed by atoms with Gasteiger partial charge < -0.3 is 20.2 Å². The maximum atomic E-state index is 12.7. The first kappa shape index (κ1) is 20.6. The van der Waals surface area contributed by atoms with Crippen LogP contribution in [0.2, 0.25) is 0 Å². The molecule has 2 aromatic rings. The largest absolute Gasteiger partial charge is 0.391 e. The third kappa shape index (κ3) is 5.08. The van der Waals surface area contributed by atoms with Gasteiger partial charge in [0.15, 0.2) is 0 Å². The second kappa shape index (κ2) is 9.00. The van der Waals surface area contributed by atoms with Crippen LogP contribution >= 0.6 is 0 Å². The van der Waals surface area contributed by atoms with Crippen molar-refractivity contribution in [3.8, 4) is 0 Å². The Labute approximate surface area is 178 Å². The van der Waals surface area contributed by atoms with Crippen molar-refractivity contribution in [1.82, 2.24) is 15.3 Å². The van der Waals surface area contributed by atoms with E-state index < -0.39 is 0 Å². The third-order valence-corrected chi connectivity index (χ3v) is 6.00. The lowest BCUT2D eigenvalue weighted by Crippen LogP contribution is -2.30. The molecule has 30 heavy (non-hydrogen) atoms. The van der Waals surface area contributed by atoms with Crippen molar-refractivity contribution in [2.24, 2.45) is 11.8 Å². The van der Waals surface area contributed by atoms with E-state index in [9.17, 15) is 9.90 Å². The average Bonchev–Trinajstić information content (AvgIpc) is 3.54. The van der Waals surface area contributed by atoms with Gasteiger partial charge in [0.2, 0.25) is 5.95 Å². The lowest BCUT2D eigenvalue weighted by Gasteiger charge is -2.22. The standard InChI is InChI=1S/C23H31N5O2/c1-16-14-28(15-20(16)29)21-12-19(22(30)24-13-18-8-9-18)25-23(26-21)27(2)11-10-17-6-4-3-5-7-17/h3-7,12,16,18,20,29H,8-11,13-15H2,1-2H3,(H,24,30). The molecule has 2 N–H and O–H groups in total. The number of anilines is 2. The molecule has 1 amide bonds. The highest BCUT2D eigenvalue weighted by Crippen LogP contribution is 2.28. The second-order valence-corrected chi connectivity index (χ2v) is 8.67. The maximum Gasteiger partial charge on any atom is 0.270 e. The SMILES string of the molecule is CC1CN(c2cc(C(=O)NCC3CC3)nc(N(C)CCc3ccccc3)n2)CC1O. The van der Waals surface area contributed by atoms with E-state index in [1.165, 1.54) is 18.4 Å². The molecule has 160 valence electrons. The maximum absolute atomic E-state index is 12.7. The summed E-state index contributed by atoms with van der Waals surface area (Å²) in [5.74, 6) is 1.86. The van der Waals surface area contributed by atoms with E-state index in [2.05, 4.69) is 22.4 Å². The van der Waals surface area contributed by atoms with Crippen molar-refractivity contribution >= 4 is 17.7 Å². The molecule has 4 rings (SSSR count). The van der Waals surface area contributed by atoms with Crippen LogP contribution in [0.1, 0.15) is 35.8 Å². The van der Waals surface area contributed by atoms with Crippen molar-refractivity contribution in [2.45, 2.75) is 32.3 Å². The summed E-state index contributed by atoms with van der Waals surface area (Å²) in [5.41, 5.74) is 1.63. The third-order valence-electron chi connectivity index (χ3n) is 6.00. The minimum atomic E-state index is -0.383. The highest BCUT2D eigenvalue weighted by molar-refractivity contribution is 5.93. The molecule has 0 radical (unpaired) electrons. The molecule has 2 heterocycles. The van der Waals surface area contributed by atoms with Crippen molar-refractivity contribution in [3.05, 3.63) is 47.7 Å². The molecule has 0 spiro atoms. The van der Waals surface area contributed by atoms with Gasteiger partial charge in [-0.2, -0.15) is 4.98 Å². The monoisotopic (exact) mass is 409 g/mol. The number of hydrogen-bond acceptors (Lipinski definition) is 6. The molecule has 2 fully saturated rings. The summed E-state index contributed by atoms with van der Waals surface area (Å²) in [4.78, 5) is 26.1. The van der Waals surface area contributed by atoms with E-state index in [1.807, 2.05) is 42.0 Å². The molecule has 7 heteroatoms. The number of benzene rings is 1. The van der Waals surface area contributed by atoms with Gasteiger partial charge in [0.1, 0.15) is 11.5 Å². The summed E-state index contributed by atoms with van der Waals surface area (Å²) < 4.78 is 0. The van der Waals surface area contributed by atoms with Gasteiger partial charge in [-0.25, -0.2) is 4.98 Å². The van der Waals surface area contributed by atoms with Crippen LogP contribution in [0.15, 0.2) is 36.4 Å². The number of aromatic nitrogens is 2. The van der Waals surface area contributed by atoms with Crippen molar-refractivity contribution in [3.63, 3.8) is 0 Å². The first-order valence-corrected chi connectivity index (χ1v) is 10.8. The number of rotatable bonds is 8. The summed E-state index contributed by atoms with van der Waals surface area (Å²) >= 11 is 0. The summed E-state index contributed by atoms with van der Waals surface area (Å²) in [6.07, 6.45) is 2.86. The van der Waals surface area contributed by atoms with E-state index in [4.69, 9.17) is 4.98 Å². The number of hydrogen-bond donors (Lipinski definition) is 2. The molecule has 1 saturated carbocycles. The Bertz CT molecular complexity index is 861. The first-order valence-electron chi connectivity index (χ1n) is 10.8. The molecule has 2 atom stereocenters. The summed E-state index contributed by atoms with van der Waals surface area (Å²) in [6, 6.07) is 12.0. The summed E-state index contributed by atoms with van der Waals surface area (Å²) in [7, 11) is 1.95. The lowest BCUT2D eigenvalue weighted by atomic mass is 10.1. The number of amides is 1. The van der Waals surface area contributed by atoms with Crippen molar-refractivity contribution in [1.29, 1.82) is 0 Å². The van der Waals surface area contributed by atoms with Crippen molar-refractivity contribution in [2.75, 3.05) is 43.0 Å². The van der Waals surface area contributed by atoms with Crippen LogP contribution in [-0.4, -0.2) is 60.3 Å². The smallest absolute Gasteiger partial charge is 0.270 e. The first-order chi connectivity index (χ1) is 14.5. The molecule has 1 aromatic heterocycles. The zero-order valence-corrected chi connectivity index (χ0v) is 17.8. The van der Waals surface area contributed by atoms with Crippen molar-refractivity contribution < 1.29 is 9.90 Å². The van der Waals surface area contributed by atoms with Crippen LogP contribution in [0.25, 0.3) is 0 Å². The van der Waals surface area contributed by atoms with Crippen LogP contribution in [-0.2, 0) is 6.42 Å². The average molecular weight is 410 g/mol. The van der Waals surface area contributed by atoms with Gasteiger partial charge >= 0.3 is 0 Å². The molecular formula is C23H31N5O2. The normalized spacial score (nSPS) is 21.0. The van der Waals surface area contributed by atoms with Crippen LogP contribution < -0.4 is 15.1 Å². The number of nitrogens with zero attached hydrogens (tertiary/aromatic N) is 4. The zero-order valence-electron chi connectivity index (χ0n) is 17.8. The predicted molar refractivity (Wildman–Crippen MR) is 118 cm³/mol. The van der Waals surface area contributed by atoms with E-state index in [0.29, 0.717) is 43.0 Å². The summed E-state index contributed by atoms with van der Waals surface area (Å²) in [5, 5.41) is 13.2. The molecule has 2 aliphatic rings. The van der Waals surface area contributed by atoms with Gasteiger partial charge in [-0.05, 0) is 30.7 Å². The molecular weight excluding hydrogens is 378 g/mol. The van der Waals surface area contributed by atoms with Crippen LogP contribution in [0.3, 0.4) is 0 Å². The Kier molecular flexibility index (Phi) is 6.18. The van der Waals surface area contributed by atoms with Gasteiger partial charge in [0.05, 0.1) is 6.10 Å². The molecule has 1 aromatic carbocycles. The number of aliphatic hydroxyl groups excluding tert-OH is 1. The Morgan fingerprint density at radius 3 is 2.67 bits per heavy atom. The molecule has 1 aliphatic carbocycles. The number of carbonyl (C=O) groups is 1. The zero-order chi connectivity index (χ0) is 21.1. The van der Waals surface area contributed by atoms with E-state index >= 15 is 0 Å². The number of likely N-dealkylation sites (N-methyl/N-ethyl adjacent to an activating group) is 1. The minimum Gasteiger partial charge on any atom is -0.391 e. The predicted octanol–water partition coefficient (Wildman–Crippen LogP) is 2.11. The van der Waals surface area contributed by atoms with Gasteiger partial charge in [-0.15, -0.1) is 0 Å². The van der Waals surface area contributed by atoms with Crippen LogP contribution in [0, 0.1) is 11.8 Å². The Balaban J connectivity index is 1.53. The molecule has 1 aliphatic heterocycles. The highest BCUT2D eigenvalue weighted by Gasteiger charge is 2.30.